The van der Waals surface area contributed by atoms with Crippen LogP contribution in [0.15, 0.2) is 61.2 Å². The fourth-order valence-electron chi connectivity index (χ4n) is 2.42. The molecule has 9 heteroatoms. The van der Waals surface area contributed by atoms with Crippen LogP contribution >= 0.6 is 46.4 Å². The van der Waals surface area contributed by atoms with Gasteiger partial charge in [0.15, 0.2) is 11.6 Å². The maximum absolute atomic E-state index is 12.3. The van der Waals surface area contributed by atoms with E-state index in [9.17, 15) is 4.79 Å². The minimum absolute atomic E-state index is 0.0692. The molecule has 0 aliphatic heterocycles. The summed E-state index contributed by atoms with van der Waals surface area (Å²) in [5, 5.41) is 1.43. The van der Waals surface area contributed by atoms with Crippen molar-refractivity contribution >= 4 is 52.6 Å². The third-order valence-corrected chi connectivity index (χ3v) is 5.14. The summed E-state index contributed by atoms with van der Waals surface area (Å²) in [7, 11) is 0. The SMILES string of the molecule is O=C(OCc1ccc(Cl)cc1Cl)OC(c1ccc(Cl)cc1)C(Cl)n1ccnc1. The molecule has 3 rings (SSSR count). The zero-order valence-corrected chi connectivity index (χ0v) is 17.3. The highest BCUT2D eigenvalue weighted by Gasteiger charge is 2.27. The van der Waals surface area contributed by atoms with Crippen molar-refractivity contribution in [2.75, 3.05) is 0 Å². The van der Waals surface area contributed by atoms with E-state index in [0.29, 0.717) is 26.2 Å². The Hall–Kier alpha value is -1.92. The molecule has 0 saturated heterocycles. The van der Waals surface area contributed by atoms with Crippen LogP contribution in [0.3, 0.4) is 0 Å². The first-order valence-electron chi connectivity index (χ1n) is 8.08. The molecular formula is C19H14Cl4N2O3. The van der Waals surface area contributed by atoms with E-state index in [1.165, 1.54) is 6.33 Å². The molecule has 28 heavy (non-hydrogen) atoms. The minimum Gasteiger partial charge on any atom is -0.429 e. The highest BCUT2D eigenvalue weighted by Crippen LogP contribution is 2.34. The topological polar surface area (TPSA) is 53.4 Å². The van der Waals surface area contributed by atoms with Crippen LogP contribution in [0, 0.1) is 0 Å². The Labute approximate surface area is 181 Å². The van der Waals surface area contributed by atoms with Crippen molar-refractivity contribution < 1.29 is 14.3 Å². The molecule has 0 radical (unpaired) electrons. The molecule has 5 nitrogen and oxygen atoms in total. The molecule has 2 unspecified atom stereocenters. The summed E-state index contributed by atoms with van der Waals surface area (Å²) in [5.74, 6) is 0. The van der Waals surface area contributed by atoms with Gasteiger partial charge in [0, 0.05) is 33.0 Å². The van der Waals surface area contributed by atoms with E-state index < -0.39 is 17.8 Å². The number of carbonyl (C=O) groups is 1. The van der Waals surface area contributed by atoms with Crippen LogP contribution in [0.5, 0.6) is 0 Å². The van der Waals surface area contributed by atoms with Crippen molar-refractivity contribution in [3.8, 4) is 0 Å². The van der Waals surface area contributed by atoms with Gasteiger partial charge < -0.3 is 14.0 Å². The molecule has 1 aromatic heterocycles. The van der Waals surface area contributed by atoms with Crippen molar-refractivity contribution in [1.29, 1.82) is 0 Å². The molecule has 0 fully saturated rings. The van der Waals surface area contributed by atoms with E-state index in [1.807, 2.05) is 0 Å². The number of rotatable bonds is 6. The number of halogens is 4. The van der Waals surface area contributed by atoms with Crippen LogP contribution in [0.25, 0.3) is 0 Å². The van der Waals surface area contributed by atoms with Gasteiger partial charge in [0.1, 0.15) is 6.61 Å². The summed E-state index contributed by atoms with van der Waals surface area (Å²) in [5.41, 5.74) is 0.512. The first kappa shape index (κ1) is 20.8. The summed E-state index contributed by atoms with van der Waals surface area (Å²) < 4.78 is 12.3. The predicted octanol–water partition coefficient (Wildman–Crippen LogP) is 6.68. The average Bonchev–Trinajstić information content (AvgIpc) is 3.20. The Kier molecular flexibility index (Phi) is 7.08. The molecule has 2 aromatic carbocycles. The molecule has 2 atom stereocenters. The number of hydrogen-bond donors (Lipinski definition) is 0. The first-order chi connectivity index (χ1) is 13.4. The number of imidazole rings is 1. The summed E-state index contributed by atoms with van der Waals surface area (Å²) in [4.78, 5) is 16.3. The number of nitrogens with zero attached hydrogens (tertiary/aromatic N) is 2. The van der Waals surface area contributed by atoms with E-state index in [4.69, 9.17) is 55.9 Å². The molecule has 0 spiro atoms. The predicted molar refractivity (Wildman–Crippen MR) is 109 cm³/mol. The van der Waals surface area contributed by atoms with Crippen molar-refractivity contribution in [3.63, 3.8) is 0 Å². The monoisotopic (exact) mass is 458 g/mol. The minimum atomic E-state index is -0.892. The number of alkyl halides is 1. The third-order valence-electron chi connectivity index (χ3n) is 3.84. The first-order valence-corrected chi connectivity index (χ1v) is 9.65. The standard InChI is InChI=1S/C19H14Cl4N2O3/c20-14-4-1-12(2-5-14)17(18(23)25-8-7-24-11-25)28-19(26)27-10-13-3-6-15(21)9-16(13)22/h1-9,11,17-18H,10H2. The van der Waals surface area contributed by atoms with Gasteiger partial charge in [-0.1, -0.05) is 64.6 Å². The van der Waals surface area contributed by atoms with Crippen molar-refractivity contribution in [1.82, 2.24) is 9.55 Å². The molecule has 146 valence electrons. The summed E-state index contributed by atoms with van der Waals surface area (Å²) in [6.45, 7) is -0.0692. The molecule has 3 aromatic rings. The Morgan fingerprint density at radius 2 is 1.79 bits per heavy atom. The maximum Gasteiger partial charge on any atom is 0.509 e. The summed E-state index contributed by atoms with van der Waals surface area (Å²) >= 11 is 24.4. The van der Waals surface area contributed by atoms with Crippen LogP contribution in [-0.2, 0) is 16.1 Å². The fraction of sp³-hybridized carbons (Fsp3) is 0.158. The second kappa shape index (κ2) is 9.52. The molecule has 0 amide bonds. The highest BCUT2D eigenvalue weighted by molar-refractivity contribution is 6.35. The quantitative estimate of drug-likeness (QED) is 0.305. The van der Waals surface area contributed by atoms with Crippen LogP contribution in [-0.4, -0.2) is 15.7 Å². The largest absolute Gasteiger partial charge is 0.509 e. The Morgan fingerprint density at radius 1 is 1.07 bits per heavy atom. The molecule has 0 aliphatic carbocycles. The number of aromatic nitrogens is 2. The number of ether oxygens (including phenoxy) is 2. The molecule has 1 heterocycles. The van der Waals surface area contributed by atoms with Crippen LogP contribution < -0.4 is 0 Å². The van der Waals surface area contributed by atoms with Gasteiger partial charge in [-0.15, -0.1) is 0 Å². The molecule has 0 bridgehead atoms. The number of carbonyl (C=O) groups excluding carboxylic acids is 1. The van der Waals surface area contributed by atoms with Crippen molar-refractivity contribution in [2.45, 2.75) is 18.2 Å². The van der Waals surface area contributed by atoms with E-state index in [0.717, 1.165) is 0 Å². The Balaban J connectivity index is 1.73. The van der Waals surface area contributed by atoms with Gasteiger partial charge in [0.25, 0.3) is 0 Å². The second-order valence-electron chi connectivity index (χ2n) is 5.75. The van der Waals surface area contributed by atoms with E-state index in [1.54, 1.807) is 59.4 Å². The van der Waals surface area contributed by atoms with Gasteiger partial charge in [0.05, 0.1) is 6.33 Å². The van der Waals surface area contributed by atoms with Crippen LogP contribution in [0.1, 0.15) is 22.7 Å². The maximum atomic E-state index is 12.3. The smallest absolute Gasteiger partial charge is 0.429 e. The lowest BCUT2D eigenvalue weighted by molar-refractivity contribution is 0.0104. The molecule has 0 N–H and O–H groups in total. The lowest BCUT2D eigenvalue weighted by Crippen LogP contribution is -2.19. The lowest BCUT2D eigenvalue weighted by atomic mass is 10.1. The van der Waals surface area contributed by atoms with Crippen molar-refractivity contribution in [3.05, 3.63) is 87.4 Å². The van der Waals surface area contributed by atoms with Gasteiger partial charge in [-0.2, -0.15) is 0 Å². The Bertz CT molecular complexity index is 933. The number of benzene rings is 2. The van der Waals surface area contributed by atoms with Gasteiger partial charge in [-0.3, -0.25) is 0 Å². The summed E-state index contributed by atoms with van der Waals surface area (Å²) in [6.07, 6.45) is 3.05. The Morgan fingerprint density at radius 3 is 2.43 bits per heavy atom. The number of hydrogen-bond acceptors (Lipinski definition) is 4. The highest BCUT2D eigenvalue weighted by atomic mass is 35.5. The molecular weight excluding hydrogens is 446 g/mol. The van der Waals surface area contributed by atoms with Gasteiger partial charge in [-0.05, 0) is 29.8 Å². The van der Waals surface area contributed by atoms with Gasteiger partial charge >= 0.3 is 6.16 Å². The average molecular weight is 460 g/mol. The zero-order chi connectivity index (χ0) is 20.1. The van der Waals surface area contributed by atoms with Gasteiger partial charge in [0.2, 0.25) is 0 Å². The van der Waals surface area contributed by atoms with Crippen LogP contribution in [0.4, 0.5) is 4.79 Å². The molecule has 0 saturated carbocycles. The third kappa shape index (κ3) is 5.32. The van der Waals surface area contributed by atoms with E-state index in [-0.39, 0.29) is 6.61 Å². The van der Waals surface area contributed by atoms with E-state index in [2.05, 4.69) is 4.98 Å². The van der Waals surface area contributed by atoms with Crippen LogP contribution in [0.2, 0.25) is 15.1 Å². The summed E-state index contributed by atoms with van der Waals surface area (Å²) in [6, 6.07) is 11.7. The zero-order valence-electron chi connectivity index (χ0n) is 14.3. The van der Waals surface area contributed by atoms with Gasteiger partial charge in [-0.25, -0.2) is 9.78 Å². The van der Waals surface area contributed by atoms with E-state index >= 15 is 0 Å². The second-order valence-corrected chi connectivity index (χ2v) is 7.47. The fourth-order valence-corrected chi connectivity index (χ4v) is 3.32. The normalized spacial score (nSPS) is 13.0. The van der Waals surface area contributed by atoms with Crippen molar-refractivity contribution in [2.24, 2.45) is 0 Å². The lowest BCUT2D eigenvalue weighted by Gasteiger charge is -2.23. The molecule has 0 aliphatic rings.